The zero-order valence-electron chi connectivity index (χ0n) is 13.6. The largest absolute Gasteiger partial charge is 0.506 e. The predicted octanol–water partition coefficient (Wildman–Crippen LogP) is 2.87. The molecule has 0 aliphatic heterocycles. The second-order valence-electron chi connectivity index (χ2n) is 5.54. The number of rotatable bonds is 4. The maximum atomic E-state index is 12.4. The van der Waals surface area contributed by atoms with Crippen molar-refractivity contribution in [3.8, 4) is 0 Å². The van der Waals surface area contributed by atoms with Crippen molar-refractivity contribution in [2.75, 3.05) is 0 Å². The van der Waals surface area contributed by atoms with Gasteiger partial charge in [-0.1, -0.05) is 24.3 Å². The van der Waals surface area contributed by atoms with Gasteiger partial charge in [-0.25, -0.2) is 5.43 Å². The lowest BCUT2D eigenvalue weighted by molar-refractivity contribution is -0.384. The van der Waals surface area contributed by atoms with E-state index in [1.54, 1.807) is 24.3 Å². The Hall–Kier alpha value is -3.81. The number of hydrazone groups is 1. The Morgan fingerprint density at radius 3 is 2.31 bits per heavy atom. The first kappa shape index (κ1) is 17.0. The van der Waals surface area contributed by atoms with Gasteiger partial charge in [0.1, 0.15) is 5.76 Å². The summed E-state index contributed by atoms with van der Waals surface area (Å²) in [7, 11) is 0. The molecule has 0 saturated heterocycles. The topological polar surface area (TPSA) is 122 Å². The van der Waals surface area contributed by atoms with E-state index in [-0.39, 0.29) is 34.1 Å². The maximum absolute atomic E-state index is 12.4. The van der Waals surface area contributed by atoms with Gasteiger partial charge in [0.15, 0.2) is 5.78 Å². The number of nitro benzene ring substituents is 1. The predicted molar refractivity (Wildman–Crippen MR) is 94.0 cm³/mol. The summed E-state index contributed by atoms with van der Waals surface area (Å²) in [4.78, 5) is 34.5. The number of hydrogen-bond donors (Lipinski definition) is 2. The average molecular weight is 351 g/mol. The van der Waals surface area contributed by atoms with Gasteiger partial charge < -0.3 is 5.11 Å². The summed E-state index contributed by atoms with van der Waals surface area (Å²) in [5.41, 5.74) is 3.28. The maximum Gasteiger partial charge on any atom is 0.271 e. The third-order valence-corrected chi connectivity index (χ3v) is 3.92. The molecule has 130 valence electrons. The highest BCUT2D eigenvalue weighted by Crippen LogP contribution is 2.31. The second-order valence-corrected chi connectivity index (χ2v) is 5.54. The molecule has 1 amide bonds. The van der Waals surface area contributed by atoms with Crippen molar-refractivity contribution < 1.29 is 19.6 Å². The quantitative estimate of drug-likeness (QED) is 0.498. The number of non-ortho nitro benzene ring substituents is 1. The van der Waals surface area contributed by atoms with Crippen molar-refractivity contribution in [3.63, 3.8) is 0 Å². The molecule has 1 aliphatic carbocycles. The van der Waals surface area contributed by atoms with Gasteiger partial charge in [-0.3, -0.25) is 19.7 Å². The van der Waals surface area contributed by atoms with E-state index in [1.165, 1.54) is 31.2 Å². The van der Waals surface area contributed by atoms with Crippen molar-refractivity contribution >= 4 is 28.8 Å². The molecule has 2 aromatic rings. The molecule has 0 radical (unpaired) electrons. The van der Waals surface area contributed by atoms with E-state index >= 15 is 0 Å². The van der Waals surface area contributed by atoms with Crippen LogP contribution in [0.15, 0.2) is 59.2 Å². The standard InChI is InChI=1S/C18H13N3O5/c1-10(15-16(22)13-4-2-3-5-14(13)17(15)23)19-20-18(24)11-6-8-12(9-7-11)21(25)26/h2-9,22H,1H3,(H,20,24)/b19-10-. The van der Waals surface area contributed by atoms with E-state index in [1.807, 2.05) is 0 Å². The van der Waals surface area contributed by atoms with E-state index in [4.69, 9.17) is 0 Å². The number of nitro groups is 1. The number of benzene rings is 2. The van der Waals surface area contributed by atoms with Gasteiger partial charge in [-0.2, -0.15) is 5.10 Å². The summed E-state index contributed by atoms with van der Waals surface area (Å²) in [5, 5.41) is 24.7. The Morgan fingerprint density at radius 2 is 1.73 bits per heavy atom. The average Bonchev–Trinajstić information content (AvgIpc) is 2.90. The summed E-state index contributed by atoms with van der Waals surface area (Å²) in [5.74, 6) is -1.15. The van der Waals surface area contributed by atoms with Gasteiger partial charge in [0, 0.05) is 28.8 Å². The Morgan fingerprint density at radius 1 is 1.12 bits per heavy atom. The number of amides is 1. The van der Waals surface area contributed by atoms with Gasteiger partial charge in [0.25, 0.3) is 11.6 Å². The van der Waals surface area contributed by atoms with Crippen molar-refractivity contribution in [2.45, 2.75) is 6.92 Å². The third kappa shape index (κ3) is 2.95. The normalized spacial score (nSPS) is 13.6. The van der Waals surface area contributed by atoms with Gasteiger partial charge in [0.05, 0.1) is 16.2 Å². The highest BCUT2D eigenvalue weighted by molar-refractivity contribution is 6.35. The molecule has 0 aromatic heterocycles. The minimum atomic E-state index is -0.595. The van der Waals surface area contributed by atoms with Gasteiger partial charge in [-0.15, -0.1) is 0 Å². The van der Waals surface area contributed by atoms with Crippen LogP contribution in [0, 0.1) is 10.1 Å². The van der Waals surface area contributed by atoms with E-state index in [2.05, 4.69) is 10.5 Å². The van der Waals surface area contributed by atoms with Crippen LogP contribution in [0.2, 0.25) is 0 Å². The first-order chi connectivity index (χ1) is 12.4. The van der Waals surface area contributed by atoms with Crippen molar-refractivity contribution in [1.82, 2.24) is 5.43 Å². The highest BCUT2D eigenvalue weighted by Gasteiger charge is 2.31. The fourth-order valence-corrected chi connectivity index (χ4v) is 2.59. The first-order valence-electron chi connectivity index (χ1n) is 7.57. The van der Waals surface area contributed by atoms with Crippen LogP contribution in [-0.4, -0.2) is 27.4 Å². The second kappa shape index (κ2) is 6.60. The minimum Gasteiger partial charge on any atom is -0.506 e. The molecular formula is C18H13N3O5. The fraction of sp³-hybridized carbons (Fsp3) is 0.0556. The summed E-state index contributed by atoms with van der Waals surface area (Å²) < 4.78 is 0. The van der Waals surface area contributed by atoms with Gasteiger partial charge in [0.2, 0.25) is 0 Å². The Kier molecular flexibility index (Phi) is 4.32. The Balaban J connectivity index is 1.79. The number of carbonyl (C=O) groups excluding carboxylic acids is 2. The van der Waals surface area contributed by atoms with Crippen LogP contribution in [0.3, 0.4) is 0 Å². The van der Waals surface area contributed by atoms with E-state index in [0.29, 0.717) is 11.1 Å². The summed E-state index contributed by atoms with van der Waals surface area (Å²) >= 11 is 0. The van der Waals surface area contributed by atoms with Crippen molar-refractivity contribution in [1.29, 1.82) is 0 Å². The molecular weight excluding hydrogens is 338 g/mol. The molecule has 26 heavy (non-hydrogen) atoms. The molecule has 0 atom stereocenters. The molecule has 0 spiro atoms. The van der Waals surface area contributed by atoms with Crippen LogP contribution < -0.4 is 5.43 Å². The number of aliphatic hydroxyl groups excluding tert-OH is 1. The van der Waals surface area contributed by atoms with Crippen LogP contribution >= 0.6 is 0 Å². The zero-order chi connectivity index (χ0) is 18.8. The van der Waals surface area contributed by atoms with E-state index in [0.717, 1.165) is 0 Å². The Bertz CT molecular complexity index is 990. The molecule has 2 aromatic carbocycles. The van der Waals surface area contributed by atoms with Crippen molar-refractivity contribution in [3.05, 3.63) is 80.9 Å². The number of ketones is 1. The third-order valence-electron chi connectivity index (χ3n) is 3.92. The van der Waals surface area contributed by atoms with E-state index < -0.39 is 10.8 Å². The Labute approximate surface area is 147 Å². The molecule has 0 heterocycles. The zero-order valence-corrected chi connectivity index (χ0v) is 13.6. The summed E-state index contributed by atoms with van der Waals surface area (Å²) in [6, 6.07) is 11.6. The van der Waals surface area contributed by atoms with Crippen molar-refractivity contribution in [2.24, 2.45) is 5.10 Å². The van der Waals surface area contributed by atoms with Crippen LogP contribution in [-0.2, 0) is 0 Å². The smallest absolute Gasteiger partial charge is 0.271 e. The van der Waals surface area contributed by atoms with Crippen LogP contribution in [0.4, 0.5) is 5.69 Å². The molecule has 0 unspecified atom stereocenters. The lowest BCUT2D eigenvalue weighted by Gasteiger charge is -2.04. The monoisotopic (exact) mass is 351 g/mol. The number of hydrogen-bond acceptors (Lipinski definition) is 6. The molecule has 0 bridgehead atoms. The van der Waals surface area contributed by atoms with Crippen LogP contribution in [0.5, 0.6) is 0 Å². The van der Waals surface area contributed by atoms with Crippen LogP contribution in [0.1, 0.15) is 33.2 Å². The highest BCUT2D eigenvalue weighted by atomic mass is 16.6. The molecule has 1 aliphatic rings. The molecule has 8 heteroatoms. The van der Waals surface area contributed by atoms with Gasteiger partial charge >= 0.3 is 0 Å². The number of nitrogens with zero attached hydrogens (tertiary/aromatic N) is 2. The minimum absolute atomic E-state index is 0.0233. The molecule has 0 fully saturated rings. The lowest BCUT2D eigenvalue weighted by Crippen LogP contribution is -2.20. The van der Waals surface area contributed by atoms with Gasteiger partial charge in [-0.05, 0) is 19.1 Å². The molecule has 3 rings (SSSR count). The fourth-order valence-electron chi connectivity index (χ4n) is 2.59. The molecule has 2 N–H and O–H groups in total. The summed E-state index contributed by atoms with van der Waals surface area (Å²) in [6.07, 6.45) is 0. The summed E-state index contributed by atoms with van der Waals surface area (Å²) in [6.45, 7) is 1.49. The van der Waals surface area contributed by atoms with E-state index in [9.17, 15) is 24.8 Å². The van der Waals surface area contributed by atoms with Crippen LogP contribution in [0.25, 0.3) is 5.76 Å². The number of aliphatic hydroxyl groups is 1. The lowest BCUT2D eigenvalue weighted by atomic mass is 10.1. The molecule has 8 nitrogen and oxygen atoms in total. The number of allylic oxidation sites excluding steroid dienone is 1. The SMILES string of the molecule is C/C(=N/NC(=O)c1ccc([N+](=O)[O-])cc1)C1=C(O)c2ccccc2C1=O. The number of Topliss-reactive ketones (excluding diaryl/α,β-unsaturated/α-hetero) is 1. The number of fused-ring (bicyclic) bond motifs is 1. The number of nitrogens with one attached hydrogen (secondary N) is 1. The first-order valence-corrected chi connectivity index (χ1v) is 7.57. The number of carbonyl (C=O) groups is 2. The molecule has 0 saturated carbocycles.